The first-order chi connectivity index (χ1) is 13.6. The van der Waals surface area contributed by atoms with Crippen molar-refractivity contribution in [2.24, 2.45) is 5.92 Å². The lowest BCUT2D eigenvalue weighted by Gasteiger charge is -2.33. The third-order valence-electron chi connectivity index (χ3n) is 5.50. The first kappa shape index (κ1) is 25.2. The van der Waals surface area contributed by atoms with Crippen LogP contribution in [0.25, 0.3) is 0 Å². The van der Waals surface area contributed by atoms with Crippen molar-refractivity contribution in [3.05, 3.63) is 24.5 Å². The molecule has 164 valence electrons. The molecule has 1 heterocycles. The summed E-state index contributed by atoms with van der Waals surface area (Å²) in [6.07, 6.45) is 5.94. The molecule has 0 saturated carbocycles. The van der Waals surface area contributed by atoms with E-state index in [0.29, 0.717) is 58.2 Å². The van der Waals surface area contributed by atoms with Crippen molar-refractivity contribution >= 4 is 5.97 Å². The molecule has 0 amide bonds. The van der Waals surface area contributed by atoms with E-state index in [-0.39, 0.29) is 18.3 Å². The molecule has 0 bridgehead atoms. The summed E-state index contributed by atoms with van der Waals surface area (Å²) in [4.78, 5) is 17.3. The summed E-state index contributed by atoms with van der Waals surface area (Å²) in [6.45, 7) is 16.1. The average Bonchev–Trinajstić information content (AvgIpc) is 2.73. The molecule has 0 aromatic rings. The molecule has 7 heteroatoms. The Balaban J connectivity index is 2.93. The lowest BCUT2D eigenvalue weighted by molar-refractivity contribution is -0.138. The Morgan fingerprint density at radius 1 is 1.07 bits per heavy atom. The normalized spacial score (nSPS) is 19.6. The van der Waals surface area contributed by atoms with Crippen LogP contribution in [-0.2, 0) is 4.79 Å². The molecule has 0 radical (unpaired) electrons. The van der Waals surface area contributed by atoms with Crippen LogP contribution >= 0.6 is 0 Å². The summed E-state index contributed by atoms with van der Waals surface area (Å²) >= 11 is 0. The lowest BCUT2D eigenvalue weighted by atomic mass is 9.96. The number of hydrogen-bond donors (Lipinski definition) is 3. The molecule has 1 fully saturated rings. The number of carboxylic acid groups (broad SMARTS) is 1. The fourth-order valence-corrected chi connectivity index (χ4v) is 3.47. The first-order valence-corrected chi connectivity index (χ1v) is 10.2. The van der Waals surface area contributed by atoms with Gasteiger partial charge in [0.1, 0.15) is 11.9 Å². The van der Waals surface area contributed by atoms with Crippen molar-refractivity contribution in [2.75, 3.05) is 52.4 Å². The molecule has 7 nitrogen and oxygen atoms in total. The predicted molar refractivity (Wildman–Crippen MR) is 116 cm³/mol. The summed E-state index contributed by atoms with van der Waals surface area (Å²) in [5, 5.41) is 29.3. The monoisotopic (exact) mass is 407 g/mol. The highest BCUT2D eigenvalue weighted by molar-refractivity contribution is 5.69. The third-order valence-corrected chi connectivity index (χ3v) is 5.50. The minimum absolute atomic E-state index is 0.0474. The van der Waals surface area contributed by atoms with Crippen LogP contribution in [0.3, 0.4) is 0 Å². The maximum Gasteiger partial charge on any atom is 0.317 e. The van der Waals surface area contributed by atoms with Crippen LogP contribution in [0.4, 0.5) is 0 Å². The van der Waals surface area contributed by atoms with Crippen LogP contribution in [0.15, 0.2) is 24.5 Å². The average molecular weight is 408 g/mol. The van der Waals surface area contributed by atoms with Gasteiger partial charge in [-0.25, -0.2) is 0 Å². The molecule has 1 rings (SSSR count). The van der Waals surface area contributed by atoms with E-state index in [2.05, 4.69) is 37.8 Å². The van der Waals surface area contributed by atoms with E-state index in [1.807, 2.05) is 9.80 Å². The number of β-amino-alcohol motifs (C(OH)–C–C–N with tert-alkyl or cyclic N) is 1. The molecule has 0 aromatic heterocycles. The maximum absolute atomic E-state index is 11.2. The van der Waals surface area contributed by atoms with E-state index in [1.165, 1.54) is 0 Å². The number of allylic oxidation sites excluding steroid dienone is 1. The number of nitrogens with zero attached hydrogens (tertiary/aromatic N) is 3. The van der Waals surface area contributed by atoms with Crippen molar-refractivity contribution in [3.63, 3.8) is 0 Å². The molecule has 0 spiro atoms. The standard InChI is InChI=1S/C22H37N3O4/c1-6-20(27)15-23-9-10-24(16-22(28)29)12-14-25(13-11-23)21(19(5)26)8-7-18(4)17(2)3/h1,17,20-21,26-27H,4-5,7-16H2,2-3H3,(H,28,29). The van der Waals surface area contributed by atoms with Crippen molar-refractivity contribution in [3.8, 4) is 12.3 Å². The van der Waals surface area contributed by atoms with E-state index in [0.717, 1.165) is 12.0 Å². The Labute approximate surface area is 175 Å². The largest absolute Gasteiger partial charge is 0.511 e. The second kappa shape index (κ2) is 12.7. The molecule has 2 unspecified atom stereocenters. The van der Waals surface area contributed by atoms with Gasteiger partial charge in [-0.15, -0.1) is 6.42 Å². The van der Waals surface area contributed by atoms with Crippen LogP contribution in [0.5, 0.6) is 0 Å². The van der Waals surface area contributed by atoms with Gasteiger partial charge in [0.05, 0.1) is 12.6 Å². The van der Waals surface area contributed by atoms with Gasteiger partial charge in [0.15, 0.2) is 0 Å². The number of hydrogen-bond acceptors (Lipinski definition) is 6. The minimum atomic E-state index is -0.873. The van der Waals surface area contributed by atoms with E-state index in [4.69, 9.17) is 6.42 Å². The molecular weight excluding hydrogens is 370 g/mol. The number of aliphatic carboxylic acids is 1. The zero-order chi connectivity index (χ0) is 22.0. The van der Waals surface area contributed by atoms with Gasteiger partial charge in [-0.3, -0.25) is 19.5 Å². The Morgan fingerprint density at radius 3 is 2.14 bits per heavy atom. The van der Waals surface area contributed by atoms with Gasteiger partial charge in [-0.1, -0.05) is 38.5 Å². The summed E-state index contributed by atoms with van der Waals surface area (Å²) in [5.41, 5.74) is 1.13. The third kappa shape index (κ3) is 9.46. The molecule has 3 N–H and O–H groups in total. The fourth-order valence-electron chi connectivity index (χ4n) is 3.47. The molecule has 1 aliphatic rings. The predicted octanol–water partition coefficient (Wildman–Crippen LogP) is 1.42. The highest BCUT2D eigenvalue weighted by atomic mass is 16.4. The SMILES string of the molecule is C#CC(O)CN1CCN(CC(=O)O)CCN(C(CCC(=C)C(C)C)C(=C)O)CC1. The molecule has 1 saturated heterocycles. The van der Waals surface area contributed by atoms with Crippen LogP contribution in [0.1, 0.15) is 26.7 Å². The Morgan fingerprint density at radius 2 is 1.62 bits per heavy atom. The summed E-state index contributed by atoms with van der Waals surface area (Å²) in [7, 11) is 0. The van der Waals surface area contributed by atoms with Crippen LogP contribution < -0.4 is 0 Å². The van der Waals surface area contributed by atoms with Gasteiger partial charge >= 0.3 is 5.97 Å². The topological polar surface area (TPSA) is 87.5 Å². The highest BCUT2D eigenvalue weighted by Gasteiger charge is 2.25. The molecule has 29 heavy (non-hydrogen) atoms. The van der Waals surface area contributed by atoms with Crippen molar-refractivity contribution in [1.82, 2.24) is 14.7 Å². The molecule has 1 aliphatic heterocycles. The lowest BCUT2D eigenvalue weighted by Crippen LogP contribution is -2.44. The quantitative estimate of drug-likeness (QED) is 0.287. The van der Waals surface area contributed by atoms with Gasteiger partial charge in [0, 0.05) is 45.8 Å². The van der Waals surface area contributed by atoms with Gasteiger partial charge < -0.3 is 15.3 Å². The molecule has 0 aliphatic carbocycles. The highest BCUT2D eigenvalue weighted by Crippen LogP contribution is 2.20. The summed E-state index contributed by atoms with van der Waals surface area (Å²) in [5.74, 6) is 1.95. The molecule has 0 aromatic carbocycles. The number of aliphatic hydroxyl groups is 2. The minimum Gasteiger partial charge on any atom is -0.511 e. The second-order valence-electron chi connectivity index (χ2n) is 8.05. The number of rotatable bonds is 10. The van der Waals surface area contributed by atoms with Crippen molar-refractivity contribution in [2.45, 2.75) is 38.8 Å². The van der Waals surface area contributed by atoms with E-state index in [9.17, 15) is 20.1 Å². The second-order valence-corrected chi connectivity index (χ2v) is 8.05. The van der Waals surface area contributed by atoms with Crippen molar-refractivity contribution < 1.29 is 20.1 Å². The molecular formula is C22H37N3O4. The van der Waals surface area contributed by atoms with E-state index >= 15 is 0 Å². The number of terminal acetylenes is 1. The van der Waals surface area contributed by atoms with Gasteiger partial charge in [0.25, 0.3) is 0 Å². The van der Waals surface area contributed by atoms with Crippen LogP contribution in [0, 0.1) is 18.3 Å². The summed E-state index contributed by atoms with van der Waals surface area (Å²) < 4.78 is 0. The Bertz CT molecular complexity index is 599. The van der Waals surface area contributed by atoms with Crippen LogP contribution in [-0.4, -0.2) is 100 Å². The Hall–Kier alpha value is -1.85. The zero-order valence-corrected chi connectivity index (χ0v) is 17.9. The zero-order valence-electron chi connectivity index (χ0n) is 17.9. The maximum atomic E-state index is 11.2. The molecule has 2 atom stereocenters. The summed E-state index contributed by atoms with van der Waals surface area (Å²) in [6, 6.07) is -0.227. The Kier molecular flexibility index (Phi) is 11.0. The number of aliphatic hydroxyl groups excluding tert-OH is 2. The van der Waals surface area contributed by atoms with Gasteiger partial charge in [0.2, 0.25) is 0 Å². The van der Waals surface area contributed by atoms with Gasteiger partial charge in [-0.2, -0.15) is 0 Å². The smallest absolute Gasteiger partial charge is 0.317 e. The number of carbonyl (C=O) groups is 1. The van der Waals surface area contributed by atoms with Crippen molar-refractivity contribution in [1.29, 1.82) is 0 Å². The first-order valence-electron chi connectivity index (χ1n) is 10.2. The van der Waals surface area contributed by atoms with Crippen LogP contribution in [0.2, 0.25) is 0 Å². The van der Waals surface area contributed by atoms with Gasteiger partial charge in [-0.05, 0) is 18.8 Å². The fraction of sp³-hybridized carbons (Fsp3) is 0.682. The van der Waals surface area contributed by atoms with E-state index < -0.39 is 12.1 Å². The number of carboxylic acids is 1. The van der Waals surface area contributed by atoms with E-state index in [1.54, 1.807) is 0 Å².